The van der Waals surface area contributed by atoms with Crippen molar-refractivity contribution in [2.75, 3.05) is 26.2 Å². The number of fused-ring (bicyclic) bond motifs is 1. The summed E-state index contributed by atoms with van der Waals surface area (Å²) in [7, 11) is 0. The van der Waals surface area contributed by atoms with E-state index in [1.807, 2.05) is 35.2 Å². The monoisotopic (exact) mass is 426 g/mol. The fraction of sp³-hybridized carbons (Fsp3) is 0.259. The molecule has 32 heavy (non-hydrogen) atoms. The van der Waals surface area contributed by atoms with E-state index >= 15 is 0 Å². The van der Waals surface area contributed by atoms with E-state index in [1.165, 1.54) is 11.1 Å². The first kappa shape index (κ1) is 20.5. The topological polar surface area (TPSA) is 49.9 Å². The number of rotatable bonds is 5. The minimum absolute atomic E-state index is 0.0372. The van der Waals surface area contributed by atoms with Gasteiger partial charge in [-0.2, -0.15) is 0 Å². The maximum absolute atomic E-state index is 13.0. The van der Waals surface area contributed by atoms with Crippen LogP contribution in [0.25, 0.3) is 0 Å². The van der Waals surface area contributed by atoms with Crippen LogP contribution in [0.15, 0.2) is 84.9 Å². The standard InChI is InChI=1S/C27H26N2O3/c30-25(19-24-22-13-7-8-14-23(22)27(31)32-24)28-15-17-29(18-16-28)26(20-9-3-1-4-10-20)21-11-5-2-6-12-21/h1-14,24,26H,15-19H2/t24-/m1/s1. The molecular formula is C27H26N2O3. The Hall–Kier alpha value is -3.44. The van der Waals surface area contributed by atoms with E-state index in [9.17, 15) is 9.59 Å². The Labute approximate surface area is 188 Å². The van der Waals surface area contributed by atoms with Crippen molar-refractivity contribution in [1.29, 1.82) is 0 Å². The van der Waals surface area contributed by atoms with Gasteiger partial charge in [-0.25, -0.2) is 4.79 Å². The third-order valence-electron chi connectivity index (χ3n) is 6.40. The van der Waals surface area contributed by atoms with E-state index in [0.29, 0.717) is 18.7 Å². The molecule has 0 unspecified atom stereocenters. The van der Waals surface area contributed by atoms with Crippen molar-refractivity contribution in [3.8, 4) is 0 Å². The second kappa shape index (κ2) is 8.97. The number of nitrogens with zero attached hydrogens (tertiary/aromatic N) is 2. The molecule has 1 saturated heterocycles. The summed E-state index contributed by atoms with van der Waals surface area (Å²) in [6, 6.07) is 28.5. The van der Waals surface area contributed by atoms with Crippen LogP contribution in [-0.2, 0) is 9.53 Å². The average Bonchev–Trinajstić information content (AvgIpc) is 3.16. The number of benzene rings is 3. The van der Waals surface area contributed by atoms with Gasteiger partial charge in [-0.05, 0) is 17.2 Å². The number of piperazine rings is 1. The third-order valence-corrected chi connectivity index (χ3v) is 6.40. The minimum atomic E-state index is -0.481. The highest BCUT2D eigenvalue weighted by Gasteiger charge is 2.34. The summed E-state index contributed by atoms with van der Waals surface area (Å²) in [5, 5.41) is 0. The Morgan fingerprint density at radius 1 is 0.812 bits per heavy atom. The molecule has 2 heterocycles. The van der Waals surface area contributed by atoms with Crippen molar-refractivity contribution in [2.24, 2.45) is 0 Å². The van der Waals surface area contributed by atoms with Crippen LogP contribution in [0, 0.1) is 0 Å². The largest absolute Gasteiger partial charge is 0.453 e. The highest BCUT2D eigenvalue weighted by atomic mass is 16.5. The predicted molar refractivity (Wildman–Crippen MR) is 122 cm³/mol. The zero-order valence-corrected chi connectivity index (χ0v) is 17.9. The number of carbonyl (C=O) groups is 2. The Balaban J connectivity index is 1.26. The molecule has 2 aliphatic rings. The number of cyclic esters (lactones) is 1. The summed E-state index contributed by atoms with van der Waals surface area (Å²) in [6.07, 6.45) is -0.283. The molecule has 0 aliphatic carbocycles. The lowest BCUT2D eigenvalue weighted by Crippen LogP contribution is -2.50. The molecular weight excluding hydrogens is 400 g/mol. The van der Waals surface area contributed by atoms with Crippen molar-refractivity contribution in [3.05, 3.63) is 107 Å². The van der Waals surface area contributed by atoms with Gasteiger partial charge in [-0.15, -0.1) is 0 Å². The van der Waals surface area contributed by atoms with E-state index < -0.39 is 6.10 Å². The van der Waals surface area contributed by atoms with Gasteiger partial charge in [0.2, 0.25) is 5.91 Å². The quantitative estimate of drug-likeness (QED) is 0.573. The summed E-state index contributed by atoms with van der Waals surface area (Å²) in [5.41, 5.74) is 3.90. The van der Waals surface area contributed by atoms with Crippen LogP contribution in [0.1, 0.15) is 45.6 Å². The Bertz CT molecular complexity index is 1050. The normalized spacial score (nSPS) is 18.5. The molecule has 0 bridgehead atoms. The zero-order chi connectivity index (χ0) is 21.9. The Kier molecular flexibility index (Phi) is 5.73. The molecule has 0 aromatic heterocycles. The molecule has 3 aromatic carbocycles. The second-order valence-corrected chi connectivity index (χ2v) is 8.33. The number of hydrogen-bond acceptors (Lipinski definition) is 4. The molecule has 0 saturated carbocycles. The van der Waals surface area contributed by atoms with Crippen LogP contribution in [0.3, 0.4) is 0 Å². The number of esters is 1. The van der Waals surface area contributed by atoms with E-state index in [1.54, 1.807) is 6.07 Å². The third kappa shape index (κ3) is 4.04. The molecule has 1 amide bonds. The van der Waals surface area contributed by atoms with Gasteiger partial charge >= 0.3 is 5.97 Å². The van der Waals surface area contributed by atoms with Gasteiger partial charge in [0.25, 0.3) is 0 Å². The molecule has 3 aromatic rings. The molecule has 0 radical (unpaired) electrons. The number of amides is 1. The predicted octanol–water partition coefficient (Wildman–Crippen LogP) is 4.22. The van der Waals surface area contributed by atoms with Crippen LogP contribution < -0.4 is 0 Å². The number of carbonyl (C=O) groups excluding carboxylic acids is 2. The minimum Gasteiger partial charge on any atom is -0.453 e. The second-order valence-electron chi connectivity index (χ2n) is 8.33. The maximum Gasteiger partial charge on any atom is 0.339 e. The van der Waals surface area contributed by atoms with Gasteiger partial charge in [0.05, 0.1) is 18.0 Å². The van der Waals surface area contributed by atoms with Gasteiger partial charge in [-0.1, -0.05) is 78.9 Å². The molecule has 5 heteroatoms. The summed E-state index contributed by atoms with van der Waals surface area (Å²) in [4.78, 5) is 29.4. The molecule has 5 nitrogen and oxygen atoms in total. The smallest absolute Gasteiger partial charge is 0.339 e. The van der Waals surface area contributed by atoms with E-state index in [2.05, 4.69) is 53.4 Å². The lowest BCUT2D eigenvalue weighted by molar-refractivity contribution is -0.135. The molecule has 1 atom stereocenters. The molecule has 2 aliphatic heterocycles. The SMILES string of the molecule is O=C1O[C@H](CC(=O)N2CCN(C(c3ccccc3)c3ccccc3)CC2)c2ccccc21. The van der Waals surface area contributed by atoms with Gasteiger partial charge < -0.3 is 9.64 Å². The summed E-state index contributed by atoms with van der Waals surface area (Å²) in [5.74, 6) is -0.299. The molecule has 0 N–H and O–H groups in total. The van der Waals surface area contributed by atoms with Gasteiger partial charge in [0, 0.05) is 31.7 Å². The van der Waals surface area contributed by atoms with Crippen molar-refractivity contribution >= 4 is 11.9 Å². The van der Waals surface area contributed by atoms with Gasteiger partial charge in [-0.3, -0.25) is 9.69 Å². The first-order valence-electron chi connectivity index (χ1n) is 11.1. The van der Waals surface area contributed by atoms with E-state index in [4.69, 9.17) is 4.74 Å². The highest BCUT2D eigenvalue weighted by Crippen LogP contribution is 2.34. The maximum atomic E-state index is 13.0. The Morgan fingerprint density at radius 3 is 2.00 bits per heavy atom. The molecule has 0 spiro atoms. The number of ether oxygens (including phenoxy) is 1. The van der Waals surface area contributed by atoms with Crippen LogP contribution in [0.2, 0.25) is 0 Å². The van der Waals surface area contributed by atoms with Crippen molar-refractivity contribution in [3.63, 3.8) is 0 Å². The average molecular weight is 427 g/mol. The number of hydrogen-bond donors (Lipinski definition) is 0. The first-order chi connectivity index (χ1) is 15.7. The fourth-order valence-electron chi connectivity index (χ4n) is 4.77. The lowest BCUT2D eigenvalue weighted by Gasteiger charge is -2.40. The highest BCUT2D eigenvalue weighted by molar-refractivity contribution is 5.94. The Morgan fingerprint density at radius 2 is 1.38 bits per heavy atom. The van der Waals surface area contributed by atoms with Gasteiger partial charge in [0.1, 0.15) is 6.10 Å². The van der Waals surface area contributed by atoms with Crippen molar-refractivity contribution in [2.45, 2.75) is 18.6 Å². The van der Waals surface area contributed by atoms with E-state index in [0.717, 1.165) is 18.7 Å². The molecule has 162 valence electrons. The summed E-state index contributed by atoms with van der Waals surface area (Å²) >= 11 is 0. The molecule has 5 rings (SSSR count). The van der Waals surface area contributed by atoms with Crippen LogP contribution in [-0.4, -0.2) is 47.9 Å². The van der Waals surface area contributed by atoms with Crippen molar-refractivity contribution in [1.82, 2.24) is 9.80 Å². The first-order valence-corrected chi connectivity index (χ1v) is 11.1. The van der Waals surface area contributed by atoms with Crippen LogP contribution in [0.5, 0.6) is 0 Å². The zero-order valence-electron chi connectivity index (χ0n) is 17.9. The van der Waals surface area contributed by atoms with Gasteiger partial charge in [0.15, 0.2) is 0 Å². The van der Waals surface area contributed by atoms with Crippen LogP contribution in [0.4, 0.5) is 0 Å². The van der Waals surface area contributed by atoms with Crippen LogP contribution >= 0.6 is 0 Å². The fourth-order valence-corrected chi connectivity index (χ4v) is 4.77. The summed E-state index contributed by atoms with van der Waals surface area (Å²) < 4.78 is 5.47. The van der Waals surface area contributed by atoms with E-state index in [-0.39, 0.29) is 24.3 Å². The lowest BCUT2D eigenvalue weighted by atomic mass is 9.96. The molecule has 1 fully saturated rings. The van der Waals surface area contributed by atoms with Crippen molar-refractivity contribution < 1.29 is 14.3 Å². The summed E-state index contributed by atoms with van der Waals surface area (Å²) in [6.45, 7) is 2.91.